The number of allylic oxidation sites excluding steroid dienone is 3. The molecule has 0 aliphatic carbocycles. The maximum Gasteiger partial charge on any atom is 0.100 e. The number of nitrogens with one attached hydrogen (secondary N) is 3. The molecule has 1 aliphatic rings. The summed E-state index contributed by atoms with van der Waals surface area (Å²) < 4.78 is 0. The van der Waals surface area contributed by atoms with E-state index in [1.165, 1.54) is 34.9 Å². The van der Waals surface area contributed by atoms with Gasteiger partial charge in [0.25, 0.3) is 0 Å². The third-order valence-electron chi connectivity index (χ3n) is 5.47. The molecule has 4 rings (SSSR count). The predicted molar refractivity (Wildman–Crippen MR) is 171 cm³/mol. The van der Waals surface area contributed by atoms with Gasteiger partial charge in [-0.2, -0.15) is 0 Å². The Morgan fingerprint density at radius 2 is 1.58 bits per heavy atom. The number of fused-ring (bicyclic) bond motifs is 1. The highest BCUT2D eigenvalue weighted by atomic mass is 15.2. The second-order valence-corrected chi connectivity index (χ2v) is 8.38. The lowest BCUT2D eigenvalue weighted by atomic mass is 10.0. The first-order valence-electron chi connectivity index (χ1n) is 13.2. The summed E-state index contributed by atoms with van der Waals surface area (Å²) in [5, 5.41) is 13.2. The lowest BCUT2D eigenvalue weighted by Crippen LogP contribution is -1.94. The normalized spacial score (nSPS) is 11.3. The lowest BCUT2D eigenvalue weighted by molar-refractivity contribution is 0.922. The summed E-state index contributed by atoms with van der Waals surface area (Å²) >= 11 is 0. The predicted octanol–water partition coefficient (Wildman–Crippen LogP) is 9.96. The molecule has 0 aromatic heterocycles. The van der Waals surface area contributed by atoms with Gasteiger partial charge in [-0.25, -0.2) is 0 Å². The van der Waals surface area contributed by atoms with Crippen LogP contribution in [0.2, 0.25) is 0 Å². The minimum Gasteiger partial charge on any atom is -0.341 e. The minimum absolute atomic E-state index is 0.848. The van der Waals surface area contributed by atoms with E-state index in [4.69, 9.17) is 5.41 Å². The van der Waals surface area contributed by atoms with E-state index in [9.17, 15) is 0 Å². The van der Waals surface area contributed by atoms with Gasteiger partial charge in [-0.15, -0.1) is 0 Å². The number of nitrogens with zero attached hydrogens (tertiary/aromatic N) is 1. The SMILES string of the molecule is C=C/C=C(\C)c1ccc(N=CC)c(C)c1.C=C1Nc2ccccc2N1.CC.CCCc1ccc(C=N)cc1. The molecule has 3 aromatic rings. The van der Waals surface area contributed by atoms with Crippen LogP contribution in [0, 0.1) is 12.3 Å². The molecule has 200 valence electrons. The molecule has 3 N–H and O–H groups in total. The summed E-state index contributed by atoms with van der Waals surface area (Å²) in [6, 6.07) is 22.4. The highest BCUT2D eigenvalue weighted by Crippen LogP contribution is 2.28. The summed E-state index contributed by atoms with van der Waals surface area (Å²) in [5.41, 5.74) is 9.22. The van der Waals surface area contributed by atoms with Gasteiger partial charge in [0, 0.05) is 12.4 Å². The summed E-state index contributed by atoms with van der Waals surface area (Å²) in [4.78, 5) is 4.29. The van der Waals surface area contributed by atoms with Crippen molar-refractivity contribution in [3.05, 3.63) is 120 Å². The van der Waals surface area contributed by atoms with Gasteiger partial charge in [-0.3, -0.25) is 4.99 Å². The molecule has 0 spiro atoms. The molecule has 4 heteroatoms. The fourth-order valence-electron chi connectivity index (χ4n) is 3.58. The maximum atomic E-state index is 6.99. The molecule has 4 nitrogen and oxygen atoms in total. The average molecular weight is 509 g/mol. The molecule has 1 aliphatic heterocycles. The molecule has 0 unspecified atom stereocenters. The van der Waals surface area contributed by atoms with Gasteiger partial charge < -0.3 is 16.0 Å². The fourth-order valence-corrected chi connectivity index (χ4v) is 3.58. The molecule has 0 amide bonds. The van der Waals surface area contributed by atoms with Gasteiger partial charge in [0.05, 0.1) is 17.1 Å². The zero-order valence-corrected chi connectivity index (χ0v) is 23.9. The molecule has 1 heterocycles. The molecule has 0 atom stereocenters. The third-order valence-corrected chi connectivity index (χ3v) is 5.47. The number of benzene rings is 3. The van der Waals surface area contributed by atoms with Crippen molar-refractivity contribution in [2.75, 3.05) is 10.6 Å². The Morgan fingerprint density at radius 3 is 2.05 bits per heavy atom. The van der Waals surface area contributed by atoms with Crippen molar-refractivity contribution in [2.24, 2.45) is 4.99 Å². The highest BCUT2D eigenvalue weighted by Gasteiger charge is 2.09. The smallest absolute Gasteiger partial charge is 0.100 e. The zero-order valence-electron chi connectivity index (χ0n) is 23.9. The highest BCUT2D eigenvalue weighted by molar-refractivity contribution is 5.78. The van der Waals surface area contributed by atoms with Crippen LogP contribution in [-0.2, 0) is 6.42 Å². The summed E-state index contributed by atoms with van der Waals surface area (Å²) in [5.74, 6) is 0.848. The van der Waals surface area contributed by atoms with E-state index in [1.54, 1.807) is 0 Å². The van der Waals surface area contributed by atoms with Crippen molar-refractivity contribution < 1.29 is 0 Å². The molecule has 38 heavy (non-hydrogen) atoms. The molecule has 0 saturated carbocycles. The first-order valence-corrected chi connectivity index (χ1v) is 13.2. The molecule has 0 bridgehead atoms. The van der Waals surface area contributed by atoms with Crippen molar-refractivity contribution in [1.29, 1.82) is 5.41 Å². The zero-order chi connectivity index (χ0) is 28.3. The molecule has 0 fully saturated rings. The second-order valence-electron chi connectivity index (χ2n) is 8.38. The fraction of sp³-hybridized carbons (Fsp3) is 0.235. The van der Waals surface area contributed by atoms with Crippen molar-refractivity contribution in [1.82, 2.24) is 0 Å². The van der Waals surface area contributed by atoms with Crippen LogP contribution in [0.25, 0.3) is 5.57 Å². The molecular formula is C34H44N4. The van der Waals surface area contributed by atoms with E-state index in [-0.39, 0.29) is 0 Å². The van der Waals surface area contributed by atoms with Gasteiger partial charge in [-0.1, -0.05) is 95.0 Å². The van der Waals surface area contributed by atoms with Gasteiger partial charge in [0.2, 0.25) is 0 Å². The standard InChI is InChI=1S/C14H17N.C10H13N.C8H8N2.C2H6/c1-5-7-11(3)13-8-9-14(15-6-2)12(4)10-13;1-2-3-9-4-6-10(8-11)7-5-9;1-6-9-7-4-2-3-5-8(7)10-6;1-2/h5-10H,1H2,2-4H3;4-8,11H,2-3H2,1H3;2-5,9-10H,1H2;1-2H3/b11-7+,15-6?;;;. The Kier molecular flexibility index (Phi) is 15.2. The van der Waals surface area contributed by atoms with E-state index >= 15 is 0 Å². The number of aryl methyl sites for hydroxylation is 2. The van der Waals surface area contributed by atoms with Gasteiger partial charge in [0.15, 0.2) is 0 Å². The van der Waals surface area contributed by atoms with E-state index in [2.05, 4.69) is 73.8 Å². The van der Waals surface area contributed by atoms with Gasteiger partial charge in [0.1, 0.15) is 5.82 Å². The van der Waals surface area contributed by atoms with E-state index in [1.807, 2.05) is 81.6 Å². The number of hydrogen-bond acceptors (Lipinski definition) is 4. The Morgan fingerprint density at radius 1 is 0.974 bits per heavy atom. The Hall–Kier alpha value is -4.18. The first kappa shape index (κ1) is 31.8. The summed E-state index contributed by atoms with van der Waals surface area (Å²) in [6.07, 6.45) is 9.33. The van der Waals surface area contributed by atoms with Crippen LogP contribution in [0.5, 0.6) is 0 Å². The number of para-hydroxylation sites is 2. The molecule has 3 aromatic carbocycles. The van der Waals surface area contributed by atoms with Crippen molar-refractivity contribution in [3.8, 4) is 0 Å². The quantitative estimate of drug-likeness (QED) is 0.229. The van der Waals surface area contributed by atoms with Crippen LogP contribution in [0.4, 0.5) is 17.1 Å². The number of rotatable bonds is 6. The number of aliphatic imine (C=N–C) groups is 1. The van der Waals surface area contributed by atoms with E-state index in [0.29, 0.717) is 0 Å². The first-order chi connectivity index (χ1) is 18.4. The summed E-state index contributed by atoms with van der Waals surface area (Å²) in [7, 11) is 0. The largest absolute Gasteiger partial charge is 0.341 e. The average Bonchev–Trinajstić information content (AvgIpc) is 3.33. The van der Waals surface area contributed by atoms with Crippen molar-refractivity contribution in [3.63, 3.8) is 0 Å². The monoisotopic (exact) mass is 508 g/mol. The minimum atomic E-state index is 0.848. The van der Waals surface area contributed by atoms with Crippen LogP contribution in [0.3, 0.4) is 0 Å². The molecular weight excluding hydrogens is 464 g/mol. The van der Waals surface area contributed by atoms with E-state index < -0.39 is 0 Å². The van der Waals surface area contributed by atoms with Crippen molar-refractivity contribution in [2.45, 2.75) is 54.4 Å². The van der Waals surface area contributed by atoms with Gasteiger partial charge >= 0.3 is 0 Å². The lowest BCUT2D eigenvalue weighted by Gasteiger charge is -2.05. The summed E-state index contributed by atoms with van der Waals surface area (Å²) in [6.45, 7) is 19.7. The third kappa shape index (κ3) is 10.8. The number of hydrogen-bond donors (Lipinski definition) is 3. The Balaban J connectivity index is 0.000000281. The topological polar surface area (TPSA) is 60.3 Å². The van der Waals surface area contributed by atoms with Gasteiger partial charge in [-0.05, 0) is 79.3 Å². The van der Waals surface area contributed by atoms with E-state index in [0.717, 1.165) is 34.9 Å². The van der Waals surface area contributed by atoms with Crippen LogP contribution >= 0.6 is 0 Å². The van der Waals surface area contributed by atoms with Crippen LogP contribution in [0.1, 0.15) is 63.3 Å². The number of anilines is 2. The molecule has 0 radical (unpaired) electrons. The Labute approximate surface area is 230 Å². The maximum absolute atomic E-state index is 6.99. The molecule has 0 saturated heterocycles. The second kappa shape index (κ2) is 18.1. The van der Waals surface area contributed by atoms with Crippen LogP contribution in [-0.4, -0.2) is 12.4 Å². The van der Waals surface area contributed by atoms with Crippen LogP contribution < -0.4 is 10.6 Å². The van der Waals surface area contributed by atoms with Crippen molar-refractivity contribution >= 4 is 35.1 Å². The van der Waals surface area contributed by atoms with Crippen LogP contribution in [0.15, 0.2) is 103 Å². The Bertz CT molecular complexity index is 1190.